The third-order valence-electron chi connectivity index (χ3n) is 5.12. The molecule has 0 unspecified atom stereocenters. The molecule has 5 nitrogen and oxygen atoms in total. The van der Waals surface area contributed by atoms with Gasteiger partial charge in [-0.25, -0.2) is 9.78 Å². The van der Waals surface area contributed by atoms with E-state index in [9.17, 15) is 4.79 Å². The molecule has 1 saturated heterocycles. The van der Waals surface area contributed by atoms with Crippen molar-refractivity contribution in [1.29, 1.82) is 0 Å². The Morgan fingerprint density at radius 3 is 2.17 bits per heavy atom. The van der Waals surface area contributed by atoms with Crippen molar-refractivity contribution in [3.05, 3.63) is 95.7 Å². The van der Waals surface area contributed by atoms with E-state index in [0.717, 1.165) is 30.0 Å². The van der Waals surface area contributed by atoms with Crippen LogP contribution < -0.4 is 4.90 Å². The fourth-order valence-corrected chi connectivity index (χ4v) is 3.38. The van der Waals surface area contributed by atoms with Gasteiger partial charge in [0.2, 0.25) is 0 Å². The molecular formula is C25H25N3O2. The molecule has 1 aromatic heterocycles. The predicted octanol–water partition coefficient (Wildman–Crippen LogP) is 4.71. The van der Waals surface area contributed by atoms with Crippen LogP contribution in [-0.4, -0.2) is 42.2 Å². The number of hydrogen-bond acceptors (Lipinski definition) is 4. The molecule has 5 heteroatoms. The van der Waals surface area contributed by atoms with Crippen molar-refractivity contribution in [2.45, 2.75) is 6.61 Å². The molecule has 3 aromatic rings. The maximum Gasteiger partial charge on any atom is 0.410 e. The molecule has 0 bridgehead atoms. The third-order valence-corrected chi connectivity index (χ3v) is 5.12. The molecule has 1 fully saturated rings. The Labute approximate surface area is 177 Å². The molecule has 4 rings (SSSR count). The smallest absolute Gasteiger partial charge is 0.410 e. The highest BCUT2D eigenvalue weighted by atomic mass is 16.6. The van der Waals surface area contributed by atoms with E-state index in [1.165, 1.54) is 5.56 Å². The Balaban J connectivity index is 1.24. The minimum absolute atomic E-state index is 0.260. The van der Waals surface area contributed by atoms with Crippen molar-refractivity contribution in [2.24, 2.45) is 0 Å². The first kappa shape index (κ1) is 19.7. The van der Waals surface area contributed by atoms with Crippen molar-refractivity contribution < 1.29 is 9.53 Å². The van der Waals surface area contributed by atoms with E-state index in [2.05, 4.69) is 34.2 Å². The summed E-state index contributed by atoms with van der Waals surface area (Å²) >= 11 is 0. The maximum absolute atomic E-state index is 12.4. The number of carbonyl (C=O) groups excluding carboxylic acids is 1. The van der Waals surface area contributed by atoms with E-state index in [-0.39, 0.29) is 12.7 Å². The van der Waals surface area contributed by atoms with E-state index in [4.69, 9.17) is 4.74 Å². The Hall–Kier alpha value is -3.60. The summed E-state index contributed by atoms with van der Waals surface area (Å²) in [7, 11) is 0. The summed E-state index contributed by atoms with van der Waals surface area (Å²) in [6, 6.07) is 24.1. The van der Waals surface area contributed by atoms with Crippen LogP contribution in [0.1, 0.15) is 16.7 Å². The fraction of sp³-hybridized carbons (Fsp3) is 0.200. The fourth-order valence-electron chi connectivity index (χ4n) is 3.38. The second-order valence-electron chi connectivity index (χ2n) is 7.20. The van der Waals surface area contributed by atoms with Gasteiger partial charge in [-0.15, -0.1) is 0 Å². The van der Waals surface area contributed by atoms with Crippen molar-refractivity contribution in [2.75, 3.05) is 31.1 Å². The molecule has 0 spiro atoms. The molecule has 0 N–H and O–H groups in total. The Bertz CT molecular complexity index is 964. The maximum atomic E-state index is 12.4. The van der Waals surface area contributed by atoms with E-state index in [0.29, 0.717) is 13.1 Å². The standard InChI is InChI=1S/C25H25N3O2/c29-25(28-18-16-27(17-19-28)24-8-4-5-15-26-24)30-20-23-13-11-22(12-14-23)10-9-21-6-2-1-3-7-21/h1-15H,16-20H2/b10-9+. The minimum Gasteiger partial charge on any atom is -0.445 e. The molecule has 0 aliphatic carbocycles. The average molecular weight is 399 g/mol. The highest BCUT2D eigenvalue weighted by molar-refractivity contribution is 5.70. The largest absolute Gasteiger partial charge is 0.445 e. The zero-order valence-corrected chi connectivity index (χ0v) is 16.9. The second kappa shape index (κ2) is 9.74. The number of piperazine rings is 1. The van der Waals surface area contributed by atoms with Crippen LogP contribution in [0.2, 0.25) is 0 Å². The molecule has 1 aliphatic rings. The molecule has 2 heterocycles. The zero-order valence-electron chi connectivity index (χ0n) is 16.9. The van der Waals surface area contributed by atoms with Crippen molar-refractivity contribution in [3.63, 3.8) is 0 Å². The van der Waals surface area contributed by atoms with Crippen molar-refractivity contribution in [1.82, 2.24) is 9.88 Å². The van der Waals surface area contributed by atoms with Gasteiger partial charge in [0.15, 0.2) is 0 Å². The lowest BCUT2D eigenvalue weighted by Gasteiger charge is -2.34. The van der Waals surface area contributed by atoms with E-state index >= 15 is 0 Å². The van der Waals surface area contributed by atoms with Gasteiger partial charge in [-0.2, -0.15) is 0 Å². The lowest BCUT2D eigenvalue weighted by atomic mass is 10.1. The highest BCUT2D eigenvalue weighted by Gasteiger charge is 2.22. The van der Waals surface area contributed by atoms with Gasteiger partial charge in [0.1, 0.15) is 12.4 Å². The first-order valence-corrected chi connectivity index (χ1v) is 10.2. The van der Waals surface area contributed by atoms with Crippen LogP contribution in [-0.2, 0) is 11.3 Å². The number of anilines is 1. The number of pyridine rings is 1. The summed E-state index contributed by atoms with van der Waals surface area (Å²) in [4.78, 5) is 20.7. The summed E-state index contributed by atoms with van der Waals surface area (Å²) in [5.74, 6) is 0.951. The molecule has 0 saturated carbocycles. The topological polar surface area (TPSA) is 45.7 Å². The Morgan fingerprint density at radius 1 is 0.833 bits per heavy atom. The number of benzene rings is 2. The monoisotopic (exact) mass is 399 g/mol. The van der Waals surface area contributed by atoms with Gasteiger partial charge >= 0.3 is 6.09 Å². The number of amides is 1. The summed E-state index contributed by atoms with van der Waals surface area (Å²) < 4.78 is 5.51. The normalized spacial score (nSPS) is 14.1. The van der Waals surface area contributed by atoms with Gasteiger partial charge in [0, 0.05) is 32.4 Å². The third kappa shape index (κ3) is 5.26. The predicted molar refractivity (Wildman–Crippen MR) is 120 cm³/mol. The lowest BCUT2D eigenvalue weighted by Crippen LogP contribution is -2.49. The SMILES string of the molecule is O=C(OCc1ccc(/C=C/c2ccccc2)cc1)N1CCN(c2ccccn2)CC1. The quantitative estimate of drug-likeness (QED) is 0.583. The van der Waals surface area contributed by atoms with Gasteiger partial charge in [0.05, 0.1) is 0 Å². The molecule has 1 aliphatic heterocycles. The number of nitrogens with zero attached hydrogens (tertiary/aromatic N) is 3. The van der Waals surface area contributed by atoms with E-state index in [1.54, 1.807) is 11.1 Å². The van der Waals surface area contributed by atoms with Crippen molar-refractivity contribution >= 4 is 24.1 Å². The summed E-state index contributed by atoms with van der Waals surface area (Å²) in [5, 5.41) is 0. The van der Waals surface area contributed by atoms with Crippen LogP contribution in [0, 0.1) is 0 Å². The molecule has 0 radical (unpaired) electrons. The molecule has 30 heavy (non-hydrogen) atoms. The lowest BCUT2D eigenvalue weighted by molar-refractivity contribution is 0.0941. The summed E-state index contributed by atoms with van der Waals surface area (Å²) in [6.45, 7) is 3.07. The number of ether oxygens (including phenoxy) is 1. The van der Waals surface area contributed by atoms with Crippen LogP contribution in [0.3, 0.4) is 0 Å². The molecule has 2 aromatic carbocycles. The van der Waals surface area contributed by atoms with Crippen LogP contribution in [0.4, 0.5) is 10.6 Å². The summed E-state index contributed by atoms with van der Waals surface area (Å²) in [5.41, 5.74) is 3.26. The zero-order chi connectivity index (χ0) is 20.6. The number of rotatable bonds is 5. The minimum atomic E-state index is -0.260. The van der Waals surface area contributed by atoms with Crippen LogP contribution in [0.15, 0.2) is 79.0 Å². The second-order valence-corrected chi connectivity index (χ2v) is 7.20. The molecular weight excluding hydrogens is 374 g/mol. The van der Waals surface area contributed by atoms with Crippen LogP contribution in [0.5, 0.6) is 0 Å². The molecule has 152 valence electrons. The Kier molecular flexibility index (Phi) is 6.40. The molecule has 0 atom stereocenters. The highest BCUT2D eigenvalue weighted by Crippen LogP contribution is 2.14. The van der Waals surface area contributed by atoms with Crippen LogP contribution in [0.25, 0.3) is 12.2 Å². The molecule has 1 amide bonds. The van der Waals surface area contributed by atoms with Gasteiger partial charge in [-0.05, 0) is 28.8 Å². The van der Waals surface area contributed by atoms with Crippen molar-refractivity contribution in [3.8, 4) is 0 Å². The van der Waals surface area contributed by atoms with Gasteiger partial charge in [-0.1, -0.05) is 72.8 Å². The van der Waals surface area contributed by atoms with E-state index < -0.39 is 0 Å². The Morgan fingerprint density at radius 2 is 1.50 bits per heavy atom. The van der Waals surface area contributed by atoms with E-state index in [1.807, 2.05) is 60.7 Å². The first-order chi connectivity index (χ1) is 14.8. The average Bonchev–Trinajstić information content (AvgIpc) is 2.83. The van der Waals surface area contributed by atoms with Crippen LogP contribution >= 0.6 is 0 Å². The first-order valence-electron chi connectivity index (χ1n) is 10.2. The summed E-state index contributed by atoms with van der Waals surface area (Å²) in [6.07, 6.45) is 5.69. The van der Waals surface area contributed by atoms with Gasteiger partial charge in [-0.3, -0.25) is 0 Å². The van der Waals surface area contributed by atoms with Gasteiger partial charge in [0.25, 0.3) is 0 Å². The number of carbonyl (C=O) groups is 1. The number of hydrogen-bond donors (Lipinski definition) is 0. The number of aromatic nitrogens is 1. The van der Waals surface area contributed by atoms with Gasteiger partial charge < -0.3 is 14.5 Å².